The Bertz CT molecular complexity index is 532. The van der Waals surface area contributed by atoms with Crippen LogP contribution >= 0.6 is 0 Å². The molecule has 17 heavy (non-hydrogen) atoms. The Morgan fingerprint density at radius 1 is 1.47 bits per heavy atom. The normalized spacial score (nSPS) is 21.4. The van der Waals surface area contributed by atoms with Gasteiger partial charge in [0.15, 0.2) is 0 Å². The van der Waals surface area contributed by atoms with Crippen LogP contribution in [0.5, 0.6) is 0 Å². The second kappa shape index (κ2) is 4.15. The summed E-state index contributed by atoms with van der Waals surface area (Å²) in [6.45, 7) is 1.20. The van der Waals surface area contributed by atoms with Gasteiger partial charge in [-0.1, -0.05) is 0 Å². The van der Waals surface area contributed by atoms with Crippen LogP contribution in [0.3, 0.4) is 0 Å². The summed E-state index contributed by atoms with van der Waals surface area (Å²) in [4.78, 5) is 5.58. The van der Waals surface area contributed by atoms with E-state index in [9.17, 15) is 4.39 Å². The number of hydrogen-bond acceptors (Lipinski definition) is 1. The molecule has 0 bridgehead atoms. The number of likely N-dealkylation sites (N-methyl/N-ethyl adjacent to an activating group) is 1. The lowest BCUT2D eigenvalue weighted by molar-refractivity contribution is 0.310. The number of rotatable bonds is 2. The Morgan fingerprint density at radius 3 is 3.12 bits per heavy atom. The van der Waals surface area contributed by atoms with Crippen LogP contribution in [0, 0.1) is 5.82 Å². The first-order chi connectivity index (χ1) is 8.24. The Labute approximate surface area is 100 Å². The molecule has 3 heteroatoms. The smallest absolute Gasteiger partial charge is 0.125 e. The number of aromatic amines is 1. The molecule has 0 amide bonds. The zero-order chi connectivity index (χ0) is 11.8. The third-order valence-corrected chi connectivity index (χ3v) is 3.86. The molecule has 3 rings (SSSR count). The predicted octanol–water partition coefficient (Wildman–Crippen LogP) is 2.94. The fourth-order valence-electron chi connectivity index (χ4n) is 2.82. The van der Waals surface area contributed by atoms with E-state index in [0.29, 0.717) is 6.04 Å². The topological polar surface area (TPSA) is 19.0 Å². The first kappa shape index (κ1) is 10.8. The lowest BCUT2D eigenvalue weighted by atomic mass is 10.0. The molecular formula is C14H17FN2. The minimum absolute atomic E-state index is 0.177. The van der Waals surface area contributed by atoms with Gasteiger partial charge in [0.2, 0.25) is 0 Å². The third kappa shape index (κ3) is 1.95. The van der Waals surface area contributed by atoms with Crippen LogP contribution in [0.25, 0.3) is 10.9 Å². The highest BCUT2D eigenvalue weighted by Crippen LogP contribution is 2.24. The fourth-order valence-corrected chi connectivity index (χ4v) is 2.82. The van der Waals surface area contributed by atoms with Crippen molar-refractivity contribution < 1.29 is 4.39 Å². The van der Waals surface area contributed by atoms with Crippen molar-refractivity contribution in [1.29, 1.82) is 0 Å². The average Bonchev–Trinajstić information content (AvgIpc) is 2.87. The monoisotopic (exact) mass is 232 g/mol. The van der Waals surface area contributed by atoms with Gasteiger partial charge < -0.3 is 9.88 Å². The zero-order valence-corrected chi connectivity index (χ0v) is 10.0. The summed E-state index contributed by atoms with van der Waals surface area (Å²) in [6, 6.07) is 5.62. The summed E-state index contributed by atoms with van der Waals surface area (Å²) in [5.74, 6) is -0.177. The predicted molar refractivity (Wildman–Crippen MR) is 67.6 cm³/mol. The largest absolute Gasteiger partial charge is 0.361 e. The van der Waals surface area contributed by atoms with Crippen molar-refractivity contribution in [2.24, 2.45) is 0 Å². The summed E-state index contributed by atoms with van der Waals surface area (Å²) in [6.07, 6.45) is 5.64. The maximum atomic E-state index is 13.1. The number of H-pyrrole nitrogens is 1. The van der Waals surface area contributed by atoms with E-state index in [1.165, 1.54) is 31.0 Å². The van der Waals surface area contributed by atoms with Crippen molar-refractivity contribution in [2.45, 2.75) is 25.3 Å². The van der Waals surface area contributed by atoms with Crippen LogP contribution in [0.1, 0.15) is 18.4 Å². The summed E-state index contributed by atoms with van der Waals surface area (Å²) >= 11 is 0. The maximum Gasteiger partial charge on any atom is 0.125 e. The number of fused-ring (bicyclic) bond motifs is 1. The highest BCUT2D eigenvalue weighted by atomic mass is 19.1. The van der Waals surface area contributed by atoms with E-state index in [-0.39, 0.29) is 5.82 Å². The van der Waals surface area contributed by atoms with Gasteiger partial charge in [-0.3, -0.25) is 0 Å². The van der Waals surface area contributed by atoms with E-state index in [2.05, 4.69) is 16.9 Å². The van der Waals surface area contributed by atoms with Gasteiger partial charge in [0.1, 0.15) is 5.82 Å². The van der Waals surface area contributed by atoms with Crippen LogP contribution < -0.4 is 0 Å². The molecular weight excluding hydrogens is 215 g/mol. The van der Waals surface area contributed by atoms with Crippen molar-refractivity contribution in [1.82, 2.24) is 9.88 Å². The zero-order valence-electron chi connectivity index (χ0n) is 10.0. The number of aromatic nitrogens is 1. The Morgan fingerprint density at radius 2 is 2.35 bits per heavy atom. The Balaban J connectivity index is 1.90. The molecule has 0 spiro atoms. The molecule has 1 fully saturated rings. The minimum atomic E-state index is -0.177. The molecule has 1 saturated heterocycles. The molecule has 0 aliphatic carbocycles. The van der Waals surface area contributed by atoms with Gasteiger partial charge in [-0.15, -0.1) is 0 Å². The maximum absolute atomic E-state index is 13.1. The molecule has 90 valence electrons. The van der Waals surface area contributed by atoms with Gasteiger partial charge in [0.25, 0.3) is 0 Å². The van der Waals surface area contributed by atoms with Crippen molar-refractivity contribution in [3.63, 3.8) is 0 Å². The van der Waals surface area contributed by atoms with E-state index in [0.717, 1.165) is 17.3 Å². The van der Waals surface area contributed by atoms with Crippen molar-refractivity contribution in [3.05, 3.63) is 35.8 Å². The molecule has 1 unspecified atom stereocenters. The average molecular weight is 232 g/mol. The molecule has 0 saturated carbocycles. The Hall–Kier alpha value is -1.35. The van der Waals surface area contributed by atoms with Gasteiger partial charge in [-0.2, -0.15) is 0 Å². The molecule has 1 aromatic heterocycles. The van der Waals surface area contributed by atoms with Crippen LogP contribution in [-0.4, -0.2) is 29.5 Å². The molecule has 1 aliphatic heterocycles. The van der Waals surface area contributed by atoms with Crippen molar-refractivity contribution >= 4 is 10.9 Å². The van der Waals surface area contributed by atoms with Gasteiger partial charge in [-0.05, 0) is 56.6 Å². The number of hydrogen-bond donors (Lipinski definition) is 1. The van der Waals surface area contributed by atoms with Gasteiger partial charge >= 0.3 is 0 Å². The van der Waals surface area contributed by atoms with Gasteiger partial charge in [0.05, 0.1) is 0 Å². The SMILES string of the molecule is CN1CCCC1Cc1c[nH]c2cc(F)ccc12. The lowest BCUT2D eigenvalue weighted by Crippen LogP contribution is -2.26. The van der Waals surface area contributed by atoms with Crippen molar-refractivity contribution in [2.75, 3.05) is 13.6 Å². The van der Waals surface area contributed by atoms with Gasteiger partial charge in [0, 0.05) is 23.1 Å². The van der Waals surface area contributed by atoms with E-state index in [4.69, 9.17) is 0 Å². The second-order valence-corrected chi connectivity index (χ2v) is 4.98. The molecule has 1 atom stereocenters. The molecule has 2 nitrogen and oxygen atoms in total. The van der Waals surface area contributed by atoms with E-state index < -0.39 is 0 Å². The molecule has 2 heterocycles. The third-order valence-electron chi connectivity index (χ3n) is 3.86. The summed E-state index contributed by atoms with van der Waals surface area (Å²) in [5, 5.41) is 1.16. The number of halogens is 1. The van der Waals surface area contributed by atoms with Crippen molar-refractivity contribution in [3.8, 4) is 0 Å². The van der Waals surface area contributed by atoms with Crippen LogP contribution in [0.2, 0.25) is 0 Å². The second-order valence-electron chi connectivity index (χ2n) is 4.98. The summed E-state index contributed by atoms with van der Waals surface area (Å²) in [7, 11) is 2.19. The molecule has 1 N–H and O–H groups in total. The summed E-state index contributed by atoms with van der Waals surface area (Å²) < 4.78 is 13.1. The molecule has 1 aliphatic rings. The fraction of sp³-hybridized carbons (Fsp3) is 0.429. The van der Waals surface area contributed by atoms with E-state index >= 15 is 0 Å². The van der Waals surface area contributed by atoms with Crippen LogP contribution in [0.4, 0.5) is 4.39 Å². The number of nitrogens with one attached hydrogen (secondary N) is 1. The van der Waals surface area contributed by atoms with Crippen LogP contribution in [-0.2, 0) is 6.42 Å². The number of likely N-dealkylation sites (tertiary alicyclic amines) is 1. The molecule has 1 aromatic carbocycles. The molecule has 2 aromatic rings. The lowest BCUT2D eigenvalue weighted by Gasteiger charge is -2.18. The standard InChI is InChI=1S/C14H17FN2/c1-17-6-2-3-12(17)7-10-9-16-14-8-11(15)4-5-13(10)14/h4-5,8-9,12,16H,2-3,6-7H2,1H3. The quantitative estimate of drug-likeness (QED) is 0.843. The first-order valence-electron chi connectivity index (χ1n) is 6.20. The first-order valence-corrected chi connectivity index (χ1v) is 6.20. The highest BCUT2D eigenvalue weighted by Gasteiger charge is 2.21. The van der Waals surface area contributed by atoms with E-state index in [1.807, 2.05) is 12.3 Å². The van der Waals surface area contributed by atoms with E-state index in [1.54, 1.807) is 6.07 Å². The Kier molecular flexibility index (Phi) is 2.63. The highest BCUT2D eigenvalue weighted by molar-refractivity contribution is 5.83. The number of benzene rings is 1. The van der Waals surface area contributed by atoms with Gasteiger partial charge in [-0.25, -0.2) is 4.39 Å². The molecule has 0 radical (unpaired) electrons. The summed E-state index contributed by atoms with van der Waals surface area (Å²) in [5.41, 5.74) is 2.21. The minimum Gasteiger partial charge on any atom is -0.361 e. The number of nitrogens with zero attached hydrogens (tertiary/aromatic N) is 1. The van der Waals surface area contributed by atoms with Crippen LogP contribution in [0.15, 0.2) is 24.4 Å².